The van der Waals surface area contributed by atoms with Gasteiger partial charge in [0.05, 0.1) is 12.0 Å². The van der Waals surface area contributed by atoms with Crippen LogP contribution in [0.4, 0.5) is 9.52 Å². The molecule has 0 saturated heterocycles. The Hall–Kier alpha value is -1.75. The molecule has 0 spiro atoms. The molecule has 88 valence electrons. The van der Waals surface area contributed by atoms with Crippen LogP contribution >= 0.6 is 11.3 Å². The first-order valence-corrected chi connectivity index (χ1v) is 5.96. The summed E-state index contributed by atoms with van der Waals surface area (Å²) in [5.41, 5.74) is 1.13. The monoisotopic (exact) mass is 249 g/mol. The van der Waals surface area contributed by atoms with E-state index in [1.54, 1.807) is 29.9 Å². The summed E-state index contributed by atoms with van der Waals surface area (Å²) in [6.45, 7) is 0. The lowest BCUT2D eigenvalue weighted by molar-refractivity contribution is 0.631. The lowest BCUT2D eigenvalue weighted by Gasteiger charge is -2.00. The van der Waals surface area contributed by atoms with Crippen LogP contribution < -0.4 is 0 Å². The van der Waals surface area contributed by atoms with Crippen molar-refractivity contribution in [1.29, 1.82) is 0 Å². The second-order valence-corrected chi connectivity index (χ2v) is 4.54. The van der Waals surface area contributed by atoms with Gasteiger partial charge in [0, 0.05) is 25.0 Å². The first kappa shape index (κ1) is 11.7. The number of benzene rings is 1. The van der Waals surface area contributed by atoms with Crippen LogP contribution in [-0.4, -0.2) is 30.3 Å². The topological polar surface area (TPSA) is 28.5 Å². The third-order valence-corrected chi connectivity index (χ3v) is 2.79. The van der Waals surface area contributed by atoms with Gasteiger partial charge in [-0.05, 0) is 12.1 Å². The summed E-state index contributed by atoms with van der Waals surface area (Å²) in [5.74, 6) is -0.263. The van der Waals surface area contributed by atoms with Gasteiger partial charge in [0.1, 0.15) is 5.82 Å². The van der Waals surface area contributed by atoms with Crippen LogP contribution in [0.5, 0.6) is 0 Å². The van der Waals surface area contributed by atoms with E-state index in [0.29, 0.717) is 16.4 Å². The predicted molar refractivity (Wildman–Crippen MR) is 69.3 cm³/mol. The highest BCUT2D eigenvalue weighted by Crippen LogP contribution is 2.27. The van der Waals surface area contributed by atoms with Crippen LogP contribution in [0.25, 0.3) is 11.3 Å². The number of hydrogen-bond acceptors (Lipinski definition) is 3. The van der Waals surface area contributed by atoms with Crippen molar-refractivity contribution in [3.8, 4) is 11.3 Å². The van der Waals surface area contributed by atoms with E-state index in [1.807, 2.05) is 19.0 Å². The van der Waals surface area contributed by atoms with Gasteiger partial charge in [0.25, 0.3) is 0 Å². The average Bonchev–Trinajstić information content (AvgIpc) is 2.75. The van der Waals surface area contributed by atoms with Crippen molar-refractivity contribution in [2.24, 2.45) is 4.99 Å². The molecule has 1 aromatic carbocycles. The van der Waals surface area contributed by atoms with E-state index in [0.717, 1.165) is 0 Å². The molecular formula is C12H12FN3S. The molecule has 0 aliphatic rings. The third kappa shape index (κ3) is 2.88. The Bertz CT molecular complexity index is 534. The summed E-state index contributed by atoms with van der Waals surface area (Å²) >= 11 is 1.39. The van der Waals surface area contributed by atoms with Crippen molar-refractivity contribution in [1.82, 2.24) is 9.88 Å². The number of aromatic nitrogens is 1. The van der Waals surface area contributed by atoms with Gasteiger partial charge in [-0.15, -0.1) is 11.3 Å². The SMILES string of the molecule is CN(C)/C=N/c1nc(-c2ccccc2F)cs1. The first-order valence-electron chi connectivity index (χ1n) is 5.08. The van der Waals surface area contributed by atoms with Gasteiger partial charge in [-0.1, -0.05) is 12.1 Å². The van der Waals surface area contributed by atoms with E-state index < -0.39 is 0 Å². The number of thiazole rings is 1. The summed E-state index contributed by atoms with van der Waals surface area (Å²) in [7, 11) is 3.77. The van der Waals surface area contributed by atoms with Crippen LogP contribution in [0, 0.1) is 5.82 Å². The number of aliphatic imine (C=N–C) groups is 1. The molecular weight excluding hydrogens is 237 g/mol. The van der Waals surface area contributed by atoms with Gasteiger partial charge >= 0.3 is 0 Å². The van der Waals surface area contributed by atoms with Gasteiger partial charge in [0.2, 0.25) is 5.13 Å². The van der Waals surface area contributed by atoms with Crippen molar-refractivity contribution in [3.05, 3.63) is 35.5 Å². The molecule has 0 saturated carbocycles. The number of nitrogens with zero attached hydrogens (tertiary/aromatic N) is 3. The van der Waals surface area contributed by atoms with Crippen LogP contribution in [0.15, 0.2) is 34.6 Å². The van der Waals surface area contributed by atoms with E-state index >= 15 is 0 Å². The first-order chi connectivity index (χ1) is 8.16. The summed E-state index contributed by atoms with van der Waals surface area (Å²) in [5, 5.41) is 2.43. The molecule has 0 atom stereocenters. The maximum atomic E-state index is 13.5. The minimum Gasteiger partial charge on any atom is -0.369 e. The molecule has 17 heavy (non-hydrogen) atoms. The molecule has 0 amide bonds. The number of hydrogen-bond donors (Lipinski definition) is 0. The van der Waals surface area contributed by atoms with Crippen LogP contribution in [0.1, 0.15) is 0 Å². The molecule has 1 heterocycles. The zero-order chi connectivity index (χ0) is 12.3. The maximum absolute atomic E-state index is 13.5. The Kier molecular flexibility index (Phi) is 3.49. The Morgan fingerprint density at radius 2 is 2.12 bits per heavy atom. The van der Waals surface area contributed by atoms with E-state index in [9.17, 15) is 4.39 Å². The molecule has 2 aromatic rings. The van der Waals surface area contributed by atoms with Gasteiger partial charge in [-0.3, -0.25) is 0 Å². The lowest BCUT2D eigenvalue weighted by atomic mass is 10.2. The molecule has 0 unspecified atom stereocenters. The second kappa shape index (κ2) is 5.05. The summed E-state index contributed by atoms with van der Waals surface area (Å²) < 4.78 is 13.5. The van der Waals surface area contributed by atoms with Gasteiger partial charge < -0.3 is 4.90 Å². The maximum Gasteiger partial charge on any atom is 0.211 e. The van der Waals surface area contributed by atoms with E-state index in [1.165, 1.54) is 17.4 Å². The standard InChI is InChI=1S/C12H12FN3S/c1-16(2)8-14-12-15-11(7-17-12)9-5-3-4-6-10(9)13/h3-8H,1-2H3/b14-8+. The molecule has 2 rings (SSSR count). The molecule has 1 aromatic heterocycles. The molecule has 0 bridgehead atoms. The van der Waals surface area contributed by atoms with Crippen LogP contribution in [0.3, 0.4) is 0 Å². The van der Waals surface area contributed by atoms with Gasteiger partial charge in [-0.25, -0.2) is 14.4 Å². The molecule has 0 aliphatic carbocycles. The highest BCUT2D eigenvalue weighted by molar-refractivity contribution is 7.13. The zero-order valence-electron chi connectivity index (χ0n) is 9.59. The smallest absolute Gasteiger partial charge is 0.211 e. The second-order valence-electron chi connectivity index (χ2n) is 3.70. The lowest BCUT2D eigenvalue weighted by Crippen LogP contribution is -2.06. The van der Waals surface area contributed by atoms with Crippen LogP contribution in [0.2, 0.25) is 0 Å². The Morgan fingerprint density at radius 1 is 1.35 bits per heavy atom. The van der Waals surface area contributed by atoms with Crippen molar-refractivity contribution < 1.29 is 4.39 Å². The number of rotatable bonds is 3. The predicted octanol–water partition coefficient (Wildman–Crippen LogP) is 3.17. The highest BCUT2D eigenvalue weighted by Gasteiger charge is 2.07. The normalized spacial score (nSPS) is 11.0. The van der Waals surface area contributed by atoms with E-state index in [-0.39, 0.29) is 5.82 Å². The fourth-order valence-corrected chi connectivity index (χ4v) is 1.94. The van der Waals surface area contributed by atoms with Crippen molar-refractivity contribution >= 4 is 22.8 Å². The molecule has 0 fully saturated rings. The van der Waals surface area contributed by atoms with Gasteiger partial charge in [-0.2, -0.15) is 0 Å². The molecule has 0 N–H and O–H groups in total. The van der Waals surface area contributed by atoms with Crippen LogP contribution in [-0.2, 0) is 0 Å². The minimum absolute atomic E-state index is 0.263. The summed E-state index contributed by atoms with van der Waals surface area (Å²) in [6, 6.07) is 6.60. The third-order valence-electron chi connectivity index (χ3n) is 2.04. The van der Waals surface area contributed by atoms with Crippen molar-refractivity contribution in [2.45, 2.75) is 0 Å². The number of halogens is 1. The zero-order valence-corrected chi connectivity index (χ0v) is 10.4. The average molecular weight is 249 g/mol. The van der Waals surface area contributed by atoms with Gasteiger partial charge in [0.15, 0.2) is 0 Å². The summed E-state index contributed by atoms with van der Waals surface area (Å²) in [6.07, 6.45) is 1.67. The Morgan fingerprint density at radius 3 is 2.82 bits per heavy atom. The molecule has 5 heteroatoms. The summed E-state index contributed by atoms with van der Waals surface area (Å²) in [4.78, 5) is 10.3. The Labute approximate surface area is 103 Å². The van der Waals surface area contributed by atoms with Crippen molar-refractivity contribution in [2.75, 3.05) is 14.1 Å². The minimum atomic E-state index is -0.263. The van der Waals surface area contributed by atoms with E-state index in [4.69, 9.17) is 0 Å². The highest BCUT2D eigenvalue weighted by atomic mass is 32.1. The fourth-order valence-electron chi connectivity index (χ4n) is 1.28. The van der Waals surface area contributed by atoms with Crippen molar-refractivity contribution in [3.63, 3.8) is 0 Å². The Balaban J connectivity index is 2.27. The largest absolute Gasteiger partial charge is 0.369 e. The molecule has 0 radical (unpaired) electrons. The molecule has 0 aliphatic heterocycles. The quantitative estimate of drug-likeness (QED) is 0.617. The van der Waals surface area contributed by atoms with E-state index in [2.05, 4.69) is 9.98 Å². The molecule has 3 nitrogen and oxygen atoms in total. The fraction of sp³-hybridized carbons (Fsp3) is 0.167.